The molecular weight excluding hydrogens is 296 g/mol. The van der Waals surface area contributed by atoms with Crippen LogP contribution >= 0.6 is 0 Å². The van der Waals surface area contributed by atoms with E-state index in [0.717, 1.165) is 10.8 Å². The first-order valence-corrected chi connectivity index (χ1v) is 7.55. The molecule has 2 heterocycles. The molecule has 120 valence electrons. The van der Waals surface area contributed by atoms with Crippen molar-refractivity contribution in [2.45, 2.75) is 24.8 Å². The fraction of sp³-hybridized carbons (Fsp3) is 0.353. The number of carboxylic acid groups (broad SMARTS) is 1. The van der Waals surface area contributed by atoms with E-state index >= 15 is 0 Å². The molecule has 0 atom stereocenters. The maximum Gasteiger partial charge on any atom is 0.305 e. The maximum atomic E-state index is 12.7. The van der Waals surface area contributed by atoms with E-state index in [0.29, 0.717) is 31.7 Å². The van der Waals surface area contributed by atoms with E-state index in [1.807, 2.05) is 30.3 Å². The third-order valence-corrected chi connectivity index (χ3v) is 4.21. The van der Waals surface area contributed by atoms with Crippen LogP contribution in [0, 0.1) is 0 Å². The van der Waals surface area contributed by atoms with Crippen LogP contribution in [0.1, 0.15) is 29.8 Å². The minimum Gasteiger partial charge on any atom is -0.481 e. The van der Waals surface area contributed by atoms with Crippen LogP contribution in [0.15, 0.2) is 36.5 Å². The molecule has 1 aliphatic rings. The molecular formula is C17H18N2O4. The Kier molecular flexibility index (Phi) is 4.25. The van der Waals surface area contributed by atoms with Gasteiger partial charge in [0.25, 0.3) is 5.91 Å². The molecule has 3 rings (SSSR count). The number of carboxylic acids is 1. The largest absolute Gasteiger partial charge is 0.481 e. The van der Waals surface area contributed by atoms with Gasteiger partial charge in [-0.25, -0.2) is 0 Å². The zero-order valence-corrected chi connectivity index (χ0v) is 12.6. The van der Waals surface area contributed by atoms with Crippen LogP contribution in [0.3, 0.4) is 0 Å². The standard InChI is InChI=1S/C17H18N2O4/c20-14(21)11-17(6-9-23-10-7-17)19-16(22)15-13-4-2-1-3-12(13)5-8-18-15/h1-5,8H,6-7,9-11H2,(H,19,22)(H,20,21). The average Bonchev–Trinajstić information content (AvgIpc) is 2.54. The van der Waals surface area contributed by atoms with Gasteiger partial charge in [-0.1, -0.05) is 24.3 Å². The van der Waals surface area contributed by atoms with E-state index in [-0.39, 0.29) is 12.3 Å². The summed E-state index contributed by atoms with van der Waals surface area (Å²) in [6.07, 6.45) is 2.43. The Bertz CT molecular complexity index is 733. The number of benzene rings is 1. The molecule has 0 aliphatic carbocycles. The van der Waals surface area contributed by atoms with E-state index < -0.39 is 11.5 Å². The molecule has 2 N–H and O–H groups in total. The molecule has 0 saturated carbocycles. The van der Waals surface area contributed by atoms with Crippen molar-refractivity contribution in [2.24, 2.45) is 0 Å². The number of hydrogen-bond donors (Lipinski definition) is 2. The number of carbonyl (C=O) groups excluding carboxylic acids is 1. The Morgan fingerprint density at radius 1 is 1.22 bits per heavy atom. The van der Waals surface area contributed by atoms with Gasteiger partial charge in [0, 0.05) is 24.8 Å². The normalized spacial score (nSPS) is 16.9. The zero-order valence-electron chi connectivity index (χ0n) is 12.6. The minimum atomic E-state index is -0.932. The lowest BCUT2D eigenvalue weighted by Gasteiger charge is -2.36. The number of hydrogen-bond acceptors (Lipinski definition) is 4. The molecule has 6 nitrogen and oxygen atoms in total. The van der Waals surface area contributed by atoms with E-state index in [1.165, 1.54) is 0 Å². The summed E-state index contributed by atoms with van der Waals surface area (Å²) in [4.78, 5) is 28.1. The third kappa shape index (κ3) is 3.32. The van der Waals surface area contributed by atoms with Gasteiger partial charge in [0.2, 0.25) is 0 Å². The van der Waals surface area contributed by atoms with Crippen molar-refractivity contribution >= 4 is 22.6 Å². The van der Waals surface area contributed by atoms with Crippen LogP contribution in [-0.2, 0) is 9.53 Å². The molecule has 1 aromatic heterocycles. The highest BCUT2D eigenvalue weighted by Crippen LogP contribution is 2.26. The van der Waals surface area contributed by atoms with Gasteiger partial charge in [-0.3, -0.25) is 14.6 Å². The topological polar surface area (TPSA) is 88.5 Å². The SMILES string of the molecule is O=C(O)CC1(NC(=O)c2nccc3ccccc23)CCOCC1. The minimum absolute atomic E-state index is 0.118. The predicted octanol–water partition coefficient (Wildman–Crippen LogP) is 1.99. The summed E-state index contributed by atoms with van der Waals surface area (Å²) in [7, 11) is 0. The lowest BCUT2D eigenvalue weighted by molar-refractivity contribution is -0.139. The number of pyridine rings is 1. The van der Waals surface area contributed by atoms with E-state index in [4.69, 9.17) is 4.74 Å². The predicted molar refractivity (Wildman–Crippen MR) is 84.2 cm³/mol. The summed E-state index contributed by atoms with van der Waals surface area (Å²) in [5, 5.41) is 13.8. The van der Waals surface area contributed by atoms with Gasteiger partial charge in [0.1, 0.15) is 5.69 Å². The summed E-state index contributed by atoms with van der Waals surface area (Å²) < 4.78 is 5.30. The van der Waals surface area contributed by atoms with Gasteiger partial charge in [0.05, 0.1) is 12.0 Å². The van der Waals surface area contributed by atoms with Crippen molar-refractivity contribution in [3.05, 3.63) is 42.2 Å². The van der Waals surface area contributed by atoms with E-state index in [2.05, 4.69) is 10.3 Å². The van der Waals surface area contributed by atoms with Gasteiger partial charge in [-0.15, -0.1) is 0 Å². The fourth-order valence-electron chi connectivity index (χ4n) is 3.00. The Balaban J connectivity index is 1.90. The lowest BCUT2D eigenvalue weighted by Crippen LogP contribution is -2.53. The number of nitrogens with one attached hydrogen (secondary N) is 1. The molecule has 23 heavy (non-hydrogen) atoms. The Labute approximate surface area is 133 Å². The number of ether oxygens (including phenoxy) is 1. The molecule has 1 aliphatic heterocycles. The van der Waals surface area contributed by atoms with Gasteiger partial charge >= 0.3 is 5.97 Å². The number of rotatable bonds is 4. The first-order valence-electron chi connectivity index (χ1n) is 7.55. The third-order valence-electron chi connectivity index (χ3n) is 4.21. The molecule has 2 aromatic rings. The molecule has 6 heteroatoms. The Morgan fingerprint density at radius 3 is 2.70 bits per heavy atom. The van der Waals surface area contributed by atoms with Crippen molar-refractivity contribution in [1.29, 1.82) is 0 Å². The molecule has 0 radical (unpaired) electrons. The summed E-state index contributed by atoms with van der Waals surface area (Å²) in [5.41, 5.74) is -0.459. The summed E-state index contributed by atoms with van der Waals surface area (Å²) in [6, 6.07) is 9.34. The first-order chi connectivity index (χ1) is 11.1. The van der Waals surface area contributed by atoms with E-state index in [1.54, 1.807) is 6.20 Å². The Hall–Kier alpha value is -2.47. The fourth-order valence-corrected chi connectivity index (χ4v) is 3.00. The van der Waals surface area contributed by atoms with Crippen molar-refractivity contribution < 1.29 is 19.4 Å². The quantitative estimate of drug-likeness (QED) is 0.901. The maximum absolute atomic E-state index is 12.7. The van der Waals surface area contributed by atoms with Gasteiger partial charge in [-0.05, 0) is 24.3 Å². The highest BCUT2D eigenvalue weighted by molar-refractivity contribution is 6.05. The number of aliphatic carboxylic acids is 1. The number of carbonyl (C=O) groups is 2. The van der Waals surface area contributed by atoms with Gasteiger partial charge < -0.3 is 15.2 Å². The van der Waals surface area contributed by atoms with Crippen LogP contribution in [0.2, 0.25) is 0 Å². The van der Waals surface area contributed by atoms with Crippen LogP contribution in [0.4, 0.5) is 0 Å². The first kappa shape index (κ1) is 15.4. The number of aromatic nitrogens is 1. The lowest BCUT2D eigenvalue weighted by atomic mass is 9.86. The van der Waals surface area contributed by atoms with Crippen LogP contribution in [-0.4, -0.2) is 40.7 Å². The van der Waals surface area contributed by atoms with Crippen molar-refractivity contribution in [2.75, 3.05) is 13.2 Å². The summed E-state index contributed by atoms with van der Waals surface area (Å²) in [5.74, 6) is -1.27. The molecule has 1 fully saturated rings. The smallest absolute Gasteiger partial charge is 0.305 e. The molecule has 0 spiro atoms. The molecule has 0 bridgehead atoms. The van der Waals surface area contributed by atoms with Crippen LogP contribution in [0.25, 0.3) is 10.8 Å². The second-order valence-electron chi connectivity index (χ2n) is 5.80. The monoisotopic (exact) mass is 314 g/mol. The second-order valence-corrected chi connectivity index (χ2v) is 5.80. The molecule has 1 amide bonds. The van der Waals surface area contributed by atoms with E-state index in [9.17, 15) is 14.7 Å². The van der Waals surface area contributed by atoms with Crippen molar-refractivity contribution in [3.8, 4) is 0 Å². The summed E-state index contributed by atoms with van der Waals surface area (Å²) >= 11 is 0. The summed E-state index contributed by atoms with van der Waals surface area (Å²) in [6.45, 7) is 0.882. The van der Waals surface area contributed by atoms with Gasteiger partial charge in [0.15, 0.2) is 0 Å². The second kappa shape index (κ2) is 6.34. The highest BCUT2D eigenvalue weighted by Gasteiger charge is 2.37. The van der Waals surface area contributed by atoms with Gasteiger partial charge in [-0.2, -0.15) is 0 Å². The van der Waals surface area contributed by atoms with Crippen molar-refractivity contribution in [1.82, 2.24) is 10.3 Å². The molecule has 0 unspecified atom stereocenters. The van der Waals surface area contributed by atoms with Crippen LogP contribution in [0.5, 0.6) is 0 Å². The van der Waals surface area contributed by atoms with Crippen molar-refractivity contribution in [3.63, 3.8) is 0 Å². The number of fused-ring (bicyclic) bond motifs is 1. The Morgan fingerprint density at radius 2 is 1.96 bits per heavy atom. The zero-order chi connectivity index (χ0) is 16.3. The average molecular weight is 314 g/mol. The number of amides is 1. The van der Waals surface area contributed by atoms with Crippen LogP contribution < -0.4 is 5.32 Å². The highest BCUT2D eigenvalue weighted by atomic mass is 16.5. The number of nitrogens with zero attached hydrogens (tertiary/aromatic N) is 1. The molecule has 1 aromatic carbocycles. The molecule has 1 saturated heterocycles.